The summed E-state index contributed by atoms with van der Waals surface area (Å²) < 4.78 is 0. The number of hydrogen-bond acceptors (Lipinski definition) is 2. The molecule has 0 aromatic heterocycles. The molecule has 2 rings (SSSR count). The van der Waals surface area contributed by atoms with Crippen LogP contribution in [0.3, 0.4) is 0 Å². The summed E-state index contributed by atoms with van der Waals surface area (Å²) in [5.41, 5.74) is 3.39. The molecule has 0 radical (unpaired) electrons. The molecule has 96 valence electrons. The molecule has 0 aliphatic carbocycles. The van der Waals surface area contributed by atoms with Crippen molar-refractivity contribution in [2.24, 2.45) is 5.41 Å². The second kappa shape index (κ2) is 5.32. The van der Waals surface area contributed by atoms with Crippen molar-refractivity contribution in [3.8, 4) is 6.07 Å². The Morgan fingerprint density at radius 2 is 2.22 bits per heavy atom. The van der Waals surface area contributed by atoms with Crippen LogP contribution in [-0.2, 0) is 5.33 Å². The number of nitriles is 1. The van der Waals surface area contributed by atoms with E-state index in [0.29, 0.717) is 5.41 Å². The van der Waals surface area contributed by atoms with Crippen molar-refractivity contribution in [2.45, 2.75) is 32.0 Å². The first kappa shape index (κ1) is 13.4. The molecule has 2 nitrogen and oxygen atoms in total. The number of alkyl halides is 1. The Labute approximate surface area is 118 Å². The minimum atomic E-state index is 0.346. The molecule has 0 atom stereocenters. The van der Waals surface area contributed by atoms with Crippen LogP contribution in [0.4, 0.5) is 5.69 Å². The normalized spacial score (nSPS) is 18.4. The van der Waals surface area contributed by atoms with Gasteiger partial charge in [-0.3, -0.25) is 0 Å². The van der Waals surface area contributed by atoms with E-state index in [1.54, 1.807) is 0 Å². The lowest BCUT2D eigenvalue weighted by Crippen LogP contribution is -2.40. The van der Waals surface area contributed by atoms with Gasteiger partial charge in [-0.15, -0.1) is 0 Å². The number of benzene rings is 1. The molecule has 0 amide bonds. The van der Waals surface area contributed by atoms with Crippen LogP contribution in [0.15, 0.2) is 18.2 Å². The lowest BCUT2D eigenvalue weighted by atomic mass is 9.84. The highest BCUT2D eigenvalue weighted by atomic mass is 79.9. The van der Waals surface area contributed by atoms with Gasteiger partial charge in [0.05, 0.1) is 11.3 Å². The van der Waals surface area contributed by atoms with E-state index in [0.717, 1.165) is 35.2 Å². The number of halogens is 1. The first-order valence-corrected chi connectivity index (χ1v) is 7.52. The standard InChI is InChI=1S/C15H19BrN2/c1-15(2)6-3-7-18(11-15)14-5-4-12(9-16)8-13(14)10-17/h4-5,8H,3,6-7,9,11H2,1-2H3. The van der Waals surface area contributed by atoms with Crippen LogP contribution in [-0.4, -0.2) is 13.1 Å². The van der Waals surface area contributed by atoms with E-state index in [9.17, 15) is 5.26 Å². The van der Waals surface area contributed by atoms with Gasteiger partial charge in [0.15, 0.2) is 0 Å². The largest absolute Gasteiger partial charge is 0.370 e. The Balaban J connectivity index is 2.30. The maximum Gasteiger partial charge on any atom is 0.101 e. The molecule has 18 heavy (non-hydrogen) atoms. The molecular weight excluding hydrogens is 288 g/mol. The van der Waals surface area contributed by atoms with Crippen molar-refractivity contribution >= 4 is 21.6 Å². The summed E-state index contributed by atoms with van der Waals surface area (Å²) in [4.78, 5) is 2.36. The summed E-state index contributed by atoms with van der Waals surface area (Å²) in [6, 6.07) is 8.52. The average molecular weight is 307 g/mol. The topological polar surface area (TPSA) is 27.0 Å². The third-order valence-electron chi connectivity index (χ3n) is 3.58. The Hall–Kier alpha value is -1.01. The Morgan fingerprint density at radius 1 is 1.44 bits per heavy atom. The second-order valence-electron chi connectivity index (χ2n) is 5.79. The van der Waals surface area contributed by atoms with Gasteiger partial charge in [0.25, 0.3) is 0 Å². The summed E-state index contributed by atoms with van der Waals surface area (Å²) in [6.07, 6.45) is 2.48. The summed E-state index contributed by atoms with van der Waals surface area (Å²) >= 11 is 3.44. The van der Waals surface area contributed by atoms with E-state index in [1.807, 2.05) is 6.07 Å². The highest BCUT2D eigenvalue weighted by molar-refractivity contribution is 9.08. The zero-order valence-corrected chi connectivity index (χ0v) is 12.6. The van der Waals surface area contributed by atoms with E-state index in [4.69, 9.17) is 0 Å². The molecule has 1 aromatic carbocycles. The molecule has 0 N–H and O–H groups in total. The maximum atomic E-state index is 9.31. The molecule has 0 bridgehead atoms. The summed E-state index contributed by atoms with van der Waals surface area (Å²) in [7, 11) is 0. The SMILES string of the molecule is CC1(C)CCCN(c2ccc(CBr)cc2C#N)C1. The average Bonchev–Trinajstić information content (AvgIpc) is 2.36. The molecule has 1 fully saturated rings. The summed E-state index contributed by atoms with van der Waals surface area (Å²) in [5, 5.41) is 10.1. The zero-order valence-electron chi connectivity index (χ0n) is 11.0. The number of nitrogens with zero attached hydrogens (tertiary/aromatic N) is 2. The van der Waals surface area contributed by atoms with E-state index >= 15 is 0 Å². The lowest BCUT2D eigenvalue weighted by molar-refractivity contribution is 0.293. The zero-order chi connectivity index (χ0) is 13.2. The van der Waals surface area contributed by atoms with Crippen molar-refractivity contribution in [3.05, 3.63) is 29.3 Å². The fourth-order valence-electron chi connectivity index (χ4n) is 2.66. The van der Waals surface area contributed by atoms with Crippen LogP contribution in [0.2, 0.25) is 0 Å². The van der Waals surface area contributed by atoms with Gasteiger partial charge in [-0.05, 0) is 36.0 Å². The fraction of sp³-hybridized carbons (Fsp3) is 0.533. The number of hydrogen-bond donors (Lipinski definition) is 0. The summed E-state index contributed by atoms with van der Waals surface area (Å²) in [5.74, 6) is 0. The van der Waals surface area contributed by atoms with E-state index in [2.05, 4.69) is 52.9 Å². The molecule has 1 heterocycles. The first-order valence-electron chi connectivity index (χ1n) is 6.40. The van der Waals surface area contributed by atoms with Crippen LogP contribution in [0.5, 0.6) is 0 Å². The van der Waals surface area contributed by atoms with Crippen LogP contribution in [0.1, 0.15) is 37.8 Å². The molecule has 1 aliphatic rings. The monoisotopic (exact) mass is 306 g/mol. The molecule has 1 aliphatic heterocycles. The third-order valence-corrected chi connectivity index (χ3v) is 4.22. The van der Waals surface area contributed by atoms with Crippen molar-refractivity contribution < 1.29 is 0 Å². The van der Waals surface area contributed by atoms with Gasteiger partial charge >= 0.3 is 0 Å². The van der Waals surface area contributed by atoms with Crippen molar-refractivity contribution in [1.29, 1.82) is 5.26 Å². The van der Waals surface area contributed by atoms with Crippen LogP contribution < -0.4 is 4.90 Å². The highest BCUT2D eigenvalue weighted by Gasteiger charge is 2.27. The maximum absolute atomic E-state index is 9.31. The first-order chi connectivity index (χ1) is 8.55. The van der Waals surface area contributed by atoms with Crippen LogP contribution >= 0.6 is 15.9 Å². The van der Waals surface area contributed by atoms with Crippen molar-refractivity contribution in [2.75, 3.05) is 18.0 Å². The molecule has 0 saturated carbocycles. The third kappa shape index (κ3) is 2.87. The minimum absolute atomic E-state index is 0.346. The molecule has 0 unspecified atom stereocenters. The Bertz CT molecular complexity index is 474. The van der Waals surface area contributed by atoms with E-state index < -0.39 is 0 Å². The Morgan fingerprint density at radius 3 is 2.83 bits per heavy atom. The molecule has 1 saturated heterocycles. The predicted molar refractivity (Wildman–Crippen MR) is 79.0 cm³/mol. The quantitative estimate of drug-likeness (QED) is 0.770. The smallest absolute Gasteiger partial charge is 0.101 e. The second-order valence-corrected chi connectivity index (χ2v) is 6.35. The highest BCUT2D eigenvalue weighted by Crippen LogP contribution is 2.33. The lowest BCUT2D eigenvalue weighted by Gasteiger charge is -2.39. The van der Waals surface area contributed by atoms with Gasteiger partial charge in [-0.25, -0.2) is 0 Å². The number of rotatable bonds is 2. The molecular formula is C15H19BrN2. The van der Waals surface area contributed by atoms with E-state index in [-0.39, 0.29) is 0 Å². The van der Waals surface area contributed by atoms with E-state index in [1.165, 1.54) is 12.8 Å². The van der Waals surface area contributed by atoms with Gasteiger partial charge in [0, 0.05) is 18.4 Å². The number of piperidine rings is 1. The van der Waals surface area contributed by atoms with Crippen molar-refractivity contribution in [1.82, 2.24) is 0 Å². The fourth-order valence-corrected chi connectivity index (χ4v) is 3.01. The van der Waals surface area contributed by atoms with Crippen molar-refractivity contribution in [3.63, 3.8) is 0 Å². The summed E-state index contributed by atoms with van der Waals surface area (Å²) in [6.45, 7) is 6.71. The Kier molecular flexibility index (Phi) is 3.97. The number of anilines is 1. The minimum Gasteiger partial charge on any atom is -0.370 e. The van der Waals surface area contributed by atoms with Gasteiger partial charge in [-0.2, -0.15) is 5.26 Å². The van der Waals surface area contributed by atoms with Gasteiger partial charge in [0.2, 0.25) is 0 Å². The van der Waals surface area contributed by atoms with Gasteiger partial charge in [0.1, 0.15) is 6.07 Å². The van der Waals surface area contributed by atoms with Gasteiger partial charge < -0.3 is 4.90 Å². The molecule has 3 heteroatoms. The van der Waals surface area contributed by atoms with Crippen LogP contribution in [0.25, 0.3) is 0 Å². The van der Waals surface area contributed by atoms with Gasteiger partial charge in [-0.1, -0.05) is 35.8 Å². The predicted octanol–water partition coefficient (Wildman–Crippen LogP) is 4.08. The molecule has 0 spiro atoms. The molecule has 1 aromatic rings. The van der Waals surface area contributed by atoms with Crippen LogP contribution in [0, 0.1) is 16.7 Å².